The number of carbonyl (C=O) groups excluding carboxylic acids is 1. The second kappa shape index (κ2) is 9.23. The third-order valence-electron chi connectivity index (χ3n) is 4.44. The normalized spacial score (nSPS) is 10.7. The van der Waals surface area contributed by atoms with Crippen molar-refractivity contribution >= 4 is 16.9 Å². The average Bonchev–Trinajstić information content (AvgIpc) is 2.73. The Morgan fingerprint density at radius 1 is 1.14 bits per heavy atom. The molecule has 1 N–H and O–H groups in total. The van der Waals surface area contributed by atoms with Crippen molar-refractivity contribution in [2.75, 3.05) is 20.3 Å². The molecular weight excluding hydrogens is 377 g/mol. The number of hydrogen-bond donors (Lipinski definition) is 1. The predicted octanol–water partition coefficient (Wildman–Crippen LogP) is 4.06. The van der Waals surface area contributed by atoms with Gasteiger partial charge in [0, 0.05) is 18.2 Å². The van der Waals surface area contributed by atoms with Crippen LogP contribution in [-0.2, 0) is 9.53 Å². The molecule has 0 saturated carbocycles. The lowest BCUT2D eigenvalue weighted by Gasteiger charge is -2.11. The third kappa shape index (κ3) is 4.56. The fraction of sp³-hybridized carbons (Fsp3) is 0.273. The number of nitrogens with one attached hydrogen (secondary N) is 1. The van der Waals surface area contributed by atoms with Gasteiger partial charge in [-0.15, -0.1) is 0 Å². The van der Waals surface area contributed by atoms with E-state index < -0.39 is 11.2 Å². The number of pyridine rings is 1. The molecule has 152 valence electrons. The van der Waals surface area contributed by atoms with Gasteiger partial charge in [0.15, 0.2) is 5.43 Å². The first-order valence-corrected chi connectivity index (χ1v) is 9.32. The molecule has 1 aromatic heterocycles. The molecule has 0 spiro atoms. The molecule has 3 aromatic rings. The molecule has 0 aliphatic rings. The number of esters is 1. The minimum Gasteiger partial charge on any atom is -0.497 e. The van der Waals surface area contributed by atoms with Gasteiger partial charge >= 0.3 is 5.97 Å². The highest BCUT2D eigenvalue weighted by Gasteiger charge is 2.15. The summed E-state index contributed by atoms with van der Waals surface area (Å²) < 4.78 is 30.1. The number of fused-ring (bicyclic) bond motifs is 1. The van der Waals surface area contributed by atoms with Crippen molar-refractivity contribution < 1.29 is 23.4 Å². The predicted molar refractivity (Wildman–Crippen MR) is 108 cm³/mol. The number of ether oxygens (including phenoxy) is 3. The number of hydrogen-bond acceptors (Lipinski definition) is 5. The summed E-state index contributed by atoms with van der Waals surface area (Å²) in [4.78, 5) is 27.3. The smallest absolute Gasteiger partial charge is 0.305 e. The molecular formula is C22H22FNO5. The quantitative estimate of drug-likeness (QED) is 0.456. The Morgan fingerprint density at radius 2 is 1.90 bits per heavy atom. The van der Waals surface area contributed by atoms with Crippen LogP contribution in [-0.4, -0.2) is 31.3 Å². The van der Waals surface area contributed by atoms with E-state index in [0.29, 0.717) is 35.7 Å². The summed E-state index contributed by atoms with van der Waals surface area (Å²) in [5.74, 6) is 0.0902. The first-order valence-electron chi connectivity index (χ1n) is 9.32. The molecule has 2 aromatic carbocycles. The van der Waals surface area contributed by atoms with Gasteiger partial charge in [0.05, 0.1) is 31.2 Å². The van der Waals surface area contributed by atoms with Gasteiger partial charge in [-0.25, -0.2) is 4.39 Å². The number of rotatable bonds is 8. The van der Waals surface area contributed by atoms with Crippen molar-refractivity contribution in [2.45, 2.75) is 19.8 Å². The number of H-pyrrole nitrogens is 1. The lowest BCUT2D eigenvalue weighted by atomic mass is 10.0. The standard InChI is InChI=1S/C22H22FNO5/c1-3-28-19(25)5-4-12-29-18-11-10-17(23)20-21(18)24-13-16(22(20)26)14-6-8-15(27-2)9-7-14/h6-11,13H,3-5,12H2,1-2H3,(H,24,26). The molecule has 3 rings (SSSR count). The zero-order chi connectivity index (χ0) is 20.8. The molecule has 0 atom stereocenters. The molecule has 0 fully saturated rings. The number of methoxy groups -OCH3 is 1. The Labute approximate surface area is 167 Å². The van der Waals surface area contributed by atoms with E-state index in [0.717, 1.165) is 0 Å². The van der Waals surface area contributed by atoms with E-state index >= 15 is 0 Å². The third-order valence-corrected chi connectivity index (χ3v) is 4.44. The average molecular weight is 399 g/mol. The van der Waals surface area contributed by atoms with Crippen molar-refractivity contribution in [1.29, 1.82) is 0 Å². The lowest BCUT2D eigenvalue weighted by molar-refractivity contribution is -0.143. The van der Waals surface area contributed by atoms with E-state index in [1.54, 1.807) is 38.3 Å². The second-order valence-corrected chi connectivity index (χ2v) is 6.31. The van der Waals surface area contributed by atoms with E-state index in [2.05, 4.69) is 4.98 Å². The maximum absolute atomic E-state index is 14.5. The number of halogens is 1. The summed E-state index contributed by atoms with van der Waals surface area (Å²) >= 11 is 0. The molecule has 1 heterocycles. The molecule has 6 nitrogen and oxygen atoms in total. The van der Waals surface area contributed by atoms with Gasteiger partial charge in [-0.3, -0.25) is 9.59 Å². The molecule has 0 radical (unpaired) electrons. The molecule has 0 bridgehead atoms. The van der Waals surface area contributed by atoms with Gasteiger partial charge < -0.3 is 19.2 Å². The first kappa shape index (κ1) is 20.4. The maximum Gasteiger partial charge on any atom is 0.305 e. The van der Waals surface area contributed by atoms with Crippen LogP contribution in [0, 0.1) is 5.82 Å². The van der Waals surface area contributed by atoms with Crippen molar-refractivity contribution in [3.05, 3.63) is 58.6 Å². The van der Waals surface area contributed by atoms with E-state index in [1.165, 1.54) is 18.3 Å². The summed E-state index contributed by atoms with van der Waals surface area (Å²) in [6.45, 7) is 2.32. The van der Waals surface area contributed by atoms with Crippen LogP contribution < -0.4 is 14.9 Å². The number of aromatic nitrogens is 1. The van der Waals surface area contributed by atoms with Gasteiger partial charge in [0.25, 0.3) is 0 Å². The second-order valence-electron chi connectivity index (χ2n) is 6.31. The summed E-state index contributed by atoms with van der Waals surface area (Å²) in [6, 6.07) is 9.61. The van der Waals surface area contributed by atoms with Crippen LogP contribution in [0.15, 0.2) is 47.4 Å². The summed E-state index contributed by atoms with van der Waals surface area (Å²) in [7, 11) is 1.56. The van der Waals surface area contributed by atoms with Gasteiger partial charge in [0.1, 0.15) is 17.3 Å². The fourth-order valence-electron chi connectivity index (χ4n) is 3.01. The van der Waals surface area contributed by atoms with E-state index in [4.69, 9.17) is 14.2 Å². The van der Waals surface area contributed by atoms with E-state index in [9.17, 15) is 14.0 Å². The Hall–Kier alpha value is -3.35. The zero-order valence-electron chi connectivity index (χ0n) is 16.3. The van der Waals surface area contributed by atoms with Gasteiger partial charge in [-0.05, 0) is 43.2 Å². The molecule has 0 aliphatic carbocycles. The summed E-state index contributed by atoms with van der Waals surface area (Å²) in [5, 5.41) is -0.0683. The Balaban J connectivity index is 1.87. The van der Waals surface area contributed by atoms with Gasteiger partial charge in [-0.1, -0.05) is 12.1 Å². The van der Waals surface area contributed by atoms with Gasteiger partial charge in [-0.2, -0.15) is 0 Å². The highest BCUT2D eigenvalue weighted by atomic mass is 19.1. The summed E-state index contributed by atoms with van der Waals surface area (Å²) in [6.07, 6.45) is 2.22. The maximum atomic E-state index is 14.5. The van der Waals surface area contributed by atoms with Crippen LogP contribution in [0.5, 0.6) is 11.5 Å². The Kier molecular flexibility index (Phi) is 6.49. The highest BCUT2D eigenvalue weighted by molar-refractivity contribution is 5.88. The minimum atomic E-state index is -0.629. The highest BCUT2D eigenvalue weighted by Crippen LogP contribution is 2.27. The van der Waals surface area contributed by atoms with Crippen LogP contribution in [0.25, 0.3) is 22.0 Å². The van der Waals surface area contributed by atoms with Crippen LogP contribution in [0.2, 0.25) is 0 Å². The molecule has 7 heteroatoms. The molecule has 0 unspecified atom stereocenters. The Bertz CT molecular complexity index is 1060. The van der Waals surface area contributed by atoms with Crippen LogP contribution >= 0.6 is 0 Å². The molecule has 29 heavy (non-hydrogen) atoms. The van der Waals surface area contributed by atoms with Crippen molar-refractivity contribution in [3.8, 4) is 22.6 Å². The molecule has 0 saturated heterocycles. The minimum absolute atomic E-state index is 0.0683. The molecule has 0 amide bonds. The topological polar surface area (TPSA) is 77.6 Å². The lowest BCUT2D eigenvalue weighted by Crippen LogP contribution is -2.10. The van der Waals surface area contributed by atoms with Crippen LogP contribution in [0.4, 0.5) is 4.39 Å². The van der Waals surface area contributed by atoms with Crippen LogP contribution in [0.3, 0.4) is 0 Å². The van der Waals surface area contributed by atoms with Crippen molar-refractivity contribution in [3.63, 3.8) is 0 Å². The number of carbonyl (C=O) groups is 1. The van der Waals surface area contributed by atoms with E-state index in [-0.39, 0.29) is 29.9 Å². The van der Waals surface area contributed by atoms with Gasteiger partial charge in [0.2, 0.25) is 0 Å². The first-order chi connectivity index (χ1) is 14.0. The fourth-order valence-corrected chi connectivity index (χ4v) is 3.01. The summed E-state index contributed by atoms with van der Waals surface area (Å²) in [5.41, 5.74) is 0.842. The largest absolute Gasteiger partial charge is 0.497 e. The number of aromatic amines is 1. The SMILES string of the molecule is CCOC(=O)CCCOc1ccc(F)c2c(=O)c(-c3ccc(OC)cc3)c[nH]c12. The molecule has 0 aliphatic heterocycles. The monoisotopic (exact) mass is 399 g/mol. The zero-order valence-corrected chi connectivity index (χ0v) is 16.3. The van der Waals surface area contributed by atoms with Crippen molar-refractivity contribution in [2.24, 2.45) is 0 Å². The van der Waals surface area contributed by atoms with Crippen molar-refractivity contribution in [1.82, 2.24) is 4.98 Å². The number of benzene rings is 2. The van der Waals surface area contributed by atoms with E-state index in [1.807, 2.05) is 0 Å². The van der Waals surface area contributed by atoms with Crippen LogP contribution in [0.1, 0.15) is 19.8 Å². The Morgan fingerprint density at radius 3 is 2.59 bits per heavy atom.